The summed E-state index contributed by atoms with van der Waals surface area (Å²) in [4.78, 5) is 28.8. The molecule has 0 radical (unpaired) electrons. The van der Waals surface area contributed by atoms with Crippen LogP contribution in [0, 0.1) is 0 Å². The second-order valence-corrected chi connectivity index (χ2v) is 3.53. The van der Waals surface area contributed by atoms with Crippen LogP contribution in [-0.4, -0.2) is 53.2 Å². The maximum atomic E-state index is 12.1. The quantitative estimate of drug-likeness (QED) is 0.750. The molecule has 6 nitrogen and oxygen atoms in total. The van der Waals surface area contributed by atoms with E-state index in [0.29, 0.717) is 0 Å². The molecule has 1 amide bonds. The number of aliphatic hydroxyl groups is 1. The van der Waals surface area contributed by atoms with Crippen molar-refractivity contribution in [3.63, 3.8) is 0 Å². The number of esters is 1. The number of rotatable bonds is 5. The molecule has 0 aliphatic rings. The van der Waals surface area contributed by atoms with Crippen molar-refractivity contribution in [2.75, 3.05) is 20.3 Å². The van der Waals surface area contributed by atoms with Gasteiger partial charge >= 0.3 is 5.97 Å². The molecule has 1 unspecified atom stereocenters. The van der Waals surface area contributed by atoms with Crippen molar-refractivity contribution in [2.24, 2.45) is 0 Å². The Morgan fingerprint density at radius 1 is 1.50 bits per heavy atom. The van der Waals surface area contributed by atoms with Crippen molar-refractivity contribution in [2.45, 2.75) is 13.0 Å². The third-order valence-corrected chi connectivity index (χ3v) is 2.51. The summed E-state index contributed by atoms with van der Waals surface area (Å²) in [5.41, 5.74) is 0.224. The predicted molar refractivity (Wildman–Crippen MR) is 63.8 cm³/mol. The number of carbonyl (C=O) groups excluding carboxylic acids is 2. The smallest absolute Gasteiger partial charge is 0.331 e. The number of aromatic nitrogens is 1. The van der Waals surface area contributed by atoms with Crippen molar-refractivity contribution < 1.29 is 19.4 Å². The topological polar surface area (TPSA) is 79.7 Å². The van der Waals surface area contributed by atoms with Crippen LogP contribution in [0.5, 0.6) is 0 Å². The van der Waals surface area contributed by atoms with Crippen LogP contribution in [-0.2, 0) is 9.53 Å². The van der Waals surface area contributed by atoms with Crippen LogP contribution in [0.15, 0.2) is 24.4 Å². The van der Waals surface area contributed by atoms with Crippen LogP contribution >= 0.6 is 0 Å². The molecule has 98 valence electrons. The summed E-state index contributed by atoms with van der Waals surface area (Å²) in [7, 11) is 1.21. The minimum atomic E-state index is -1.01. The first-order valence-corrected chi connectivity index (χ1v) is 5.56. The molecule has 1 rings (SSSR count). The number of amides is 1. The number of hydrogen-bond donors (Lipinski definition) is 1. The van der Waals surface area contributed by atoms with Gasteiger partial charge in [-0.05, 0) is 19.1 Å². The molecule has 0 saturated heterocycles. The number of pyridine rings is 1. The molecular formula is C12H16N2O4. The third-order valence-electron chi connectivity index (χ3n) is 2.51. The van der Waals surface area contributed by atoms with Crippen molar-refractivity contribution in [3.05, 3.63) is 30.1 Å². The summed E-state index contributed by atoms with van der Waals surface area (Å²) >= 11 is 0. The Morgan fingerprint density at radius 3 is 2.67 bits per heavy atom. The highest BCUT2D eigenvalue weighted by molar-refractivity contribution is 5.95. The number of nitrogens with zero attached hydrogens (tertiary/aromatic N) is 2. The Morgan fingerprint density at radius 2 is 2.22 bits per heavy atom. The number of likely N-dealkylation sites (N-methyl/N-ethyl adjacent to an activating group) is 1. The zero-order valence-corrected chi connectivity index (χ0v) is 10.4. The van der Waals surface area contributed by atoms with E-state index in [1.54, 1.807) is 25.1 Å². The molecule has 0 saturated carbocycles. The van der Waals surface area contributed by atoms with Crippen LogP contribution in [0.25, 0.3) is 0 Å². The Bertz CT molecular complexity index is 408. The van der Waals surface area contributed by atoms with Crippen LogP contribution in [0.3, 0.4) is 0 Å². The van der Waals surface area contributed by atoms with Gasteiger partial charge in [-0.15, -0.1) is 0 Å². The minimum absolute atomic E-state index is 0.224. The Hall–Kier alpha value is -1.95. The standard InChI is InChI=1S/C12H16N2O4/c1-3-14(10(8-15)12(17)18-2)11(16)9-6-4-5-7-13-9/h4-7,10,15H,3,8H2,1-2H3. The fourth-order valence-corrected chi connectivity index (χ4v) is 1.58. The maximum Gasteiger partial charge on any atom is 0.331 e. The summed E-state index contributed by atoms with van der Waals surface area (Å²) < 4.78 is 4.56. The minimum Gasteiger partial charge on any atom is -0.467 e. The first-order chi connectivity index (χ1) is 8.65. The van der Waals surface area contributed by atoms with E-state index in [-0.39, 0.29) is 12.2 Å². The molecule has 6 heteroatoms. The van der Waals surface area contributed by atoms with E-state index in [9.17, 15) is 14.7 Å². The van der Waals surface area contributed by atoms with Gasteiger partial charge in [-0.2, -0.15) is 0 Å². The van der Waals surface area contributed by atoms with E-state index < -0.39 is 24.5 Å². The molecular weight excluding hydrogens is 236 g/mol. The lowest BCUT2D eigenvalue weighted by atomic mass is 10.2. The number of ether oxygens (including phenoxy) is 1. The lowest BCUT2D eigenvalue weighted by molar-refractivity contribution is -0.147. The normalized spacial score (nSPS) is 11.7. The van der Waals surface area contributed by atoms with Gasteiger partial charge in [-0.1, -0.05) is 6.07 Å². The molecule has 1 aromatic rings. The van der Waals surface area contributed by atoms with Gasteiger partial charge in [-0.25, -0.2) is 4.79 Å². The molecule has 0 aliphatic heterocycles. The number of carbonyl (C=O) groups is 2. The number of methoxy groups -OCH3 is 1. The van der Waals surface area contributed by atoms with E-state index >= 15 is 0 Å². The summed E-state index contributed by atoms with van der Waals surface area (Å²) in [6.45, 7) is 1.50. The van der Waals surface area contributed by atoms with Gasteiger partial charge in [0, 0.05) is 12.7 Å². The largest absolute Gasteiger partial charge is 0.467 e. The summed E-state index contributed by atoms with van der Waals surface area (Å²) in [5.74, 6) is -1.06. The molecule has 1 heterocycles. The Kier molecular flexibility index (Phi) is 5.26. The second kappa shape index (κ2) is 6.70. The van der Waals surface area contributed by atoms with Gasteiger partial charge < -0.3 is 14.7 Å². The van der Waals surface area contributed by atoms with Crippen molar-refractivity contribution in [1.82, 2.24) is 9.88 Å². The monoisotopic (exact) mass is 252 g/mol. The highest BCUT2D eigenvalue weighted by Gasteiger charge is 2.29. The van der Waals surface area contributed by atoms with Gasteiger partial charge in [-0.3, -0.25) is 9.78 Å². The first-order valence-electron chi connectivity index (χ1n) is 5.56. The second-order valence-electron chi connectivity index (χ2n) is 3.53. The highest BCUT2D eigenvalue weighted by Crippen LogP contribution is 2.07. The van der Waals surface area contributed by atoms with Crippen LogP contribution in [0.4, 0.5) is 0 Å². The van der Waals surface area contributed by atoms with E-state index in [1.165, 1.54) is 18.2 Å². The summed E-state index contributed by atoms with van der Waals surface area (Å²) in [6, 6.07) is 3.92. The number of aliphatic hydroxyl groups excluding tert-OH is 1. The molecule has 1 aromatic heterocycles. The fraction of sp³-hybridized carbons (Fsp3) is 0.417. The highest BCUT2D eigenvalue weighted by atomic mass is 16.5. The van der Waals surface area contributed by atoms with Gasteiger partial charge in [0.15, 0.2) is 6.04 Å². The van der Waals surface area contributed by atoms with Crippen LogP contribution in [0.1, 0.15) is 17.4 Å². The Labute approximate surface area is 105 Å². The SMILES string of the molecule is CCN(C(=O)c1ccccn1)C(CO)C(=O)OC. The average molecular weight is 252 g/mol. The molecule has 1 N–H and O–H groups in total. The molecule has 0 bridgehead atoms. The van der Waals surface area contributed by atoms with Crippen LogP contribution in [0.2, 0.25) is 0 Å². The Balaban J connectivity index is 2.95. The summed E-state index contributed by atoms with van der Waals surface area (Å²) in [5, 5.41) is 9.21. The van der Waals surface area contributed by atoms with E-state index in [4.69, 9.17) is 0 Å². The van der Waals surface area contributed by atoms with E-state index in [2.05, 4.69) is 9.72 Å². The van der Waals surface area contributed by atoms with Crippen LogP contribution < -0.4 is 0 Å². The fourth-order valence-electron chi connectivity index (χ4n) is 1.58. The molecule has 18 heavy (non-hydrogen) atoms. The number of hydrogen-bond acceptors (Lipinski definition) is 5. The predicted octanol–water partition coefficient (Wildman–Crippen LogP) is 0.0776. The molecule has 0 aromatic carbocycles. The zero-order valence-electron chi connectivity index (χ0n) is 10.4. The van der Waals surface area contributed by atoms with Crippen molar-refractivity contribution in [3.8, 4) is 0 Å². The average Bonchev–Trinajstić information content (AvgIpc) is 2.44. The van der Waals surface area contributed by atoms with Gasteiger partial charge in [0.25, 0.3) is 5.91 Å². The lowest BCUT2D eigenvalue weighted by Gasteiger charge is -2.27. The molecule has 0 fully saturated rings. The lowest BCUT2D eigenvalue weighted by Crippen LogP contribution is -2.47. The first kappa shape index (κ1) is 14.1. The van der Waals surface area contributed by atoms with Gasteiger partial charge in [0.05, 0.1) is 13.7 Å². The molecule has 0 aliphatic carbocycles. The van der Waals surface area contributed by atoms with Crippen molar-refractivity contribution >= 4 is 11.9 Å². The molecule has 0 spiro atoms. The maximum absolute atomic E-state index is 12.1. The van der Waals surface area contributed by atoms with Gasteiger partial charge in [0.1, 0.15) is 5.69 Å². The van der Waals surface area contributed by atoms with Crippen molar-refractivity contribution in [1.29, 1.82) is 0 Å². The van der Waals surface area contributed by atoms with E-state index in [0.717, 1.165) is 0 Å². The zero-order chi connectivity index (χ0) is 13.5. The summed E-state index contributed by atoms with van der Waals surface area (Å²) in [6.07, 6.45) is 1.49. The van der Waals surface area contributed by atoms with E-state index in [1.807, 2.05) is 0 Å². The van der Waals surface area contributed by atoms with Gasteiger partial charge in [0.2, 0.25) is 0 Å². The third kappa shape index (κ3) is 3.04. The molecule has 1 atom stereocenters.